The van der Waals surface area contributed by atoms with Crippen molar-refractivity contribution >= 4 is 27.3 Å². The minimum absolute atomic E-state index is 0.0770. The van der Waals surface area contributed by atoms with E-state index in [1.54, 1.807) is 6.92 Å². The highest BCUT2D eigenvalue weighted by Crippen LogP contribution is 2.22. The maximum atomic E-state index is 12.1. The molecule has 78 valence electrons. The van der Waals surface area contributed by atoms with E-state index in [0.717, 1.165) is 16.2 Å². The van der Waals surface area contributed by atoms with Crippen molar-refractivity contribution in [2.45, 2.75) is 6.92 Å². The molecule has 3 aromatic rings. The third-order valence-corrected chi connectivity index (χ3v) is 3.01. The molecule has 0 saturated carbocycles. The average molecular weight is 210 g/mol. The molecule has 0 aromatic heterocycles. The molecular weight excluding hydrogens is 200 g/mol. The van der Waals surface area contributed by atoms with E-state index >= 15 is 0 Å². The van der Waals surface area contributed by atoms with Crippen LogP contribution in [0.15, 0.2) is 41.2 Å². The van der Waals surface area contributed by atoms with Gasteiger partial charge in [-0.3, -0.25) is 4.79 Å². The van der Waals surface area contributed by atoms with Gasteiger partial charge in [0.25, 0.3) is 0 Å². The molecule has 2 heteroatoms. The van der Waals surface area contributed by atoms with Crippen LogP contribution in [0.3, 0.4) is 0 Å². The molecule has 0 bridgehead atoms. The second-order valence-electron chi connectivity index (χ2n) is 4.00. The zero-order chi connectivity index (χ0) is 11.3. The predicted molar refractivity (Wildman–Crippen MR) is 65.8 cm³/mol. The largest absolute Gasteiger partial charge is 0.512 e. The Morgan fingerprint density at radius 2 is 1.69 bits per heavy atom. The lowest BCUT2D eigenvalue weighted by atomic mass is 10.1. The van der Waals surface area contributed by atoms with E-state index in [2.05, 4.69) is 0 Å². The smallest absolute Gasteiger partial charge is 0.197 e. The summed E-state index contributed by atoms with van der Waals surface area (Å²) in [5.74, 6) is 0.0914. The first-order valence-corrected chi connectivity index (χ1v) is 5.17. The van der Waals surface area contributed by atoms with Crippen molar-refractivity contribution in [2.75, 3.05) is 0 Å². The van der Waals surface area contributed by atoms with Gasteiger partial charge in [0.1, 0.15) is 5.76 Å². The summed E-state index contributed by atoms with van der Waals surface area (Å²) in [7, 11) is 0. The minimum atomic E-state index is -0.0770. The van der Waals surface area contributed by atoms with Crippen LogP contribution in [-0.4, -0.2) is 5.11 Å². The minimum Gasteiger partial charge on any atom is -0.512 e. The SMILES string of the molecule is C/C(O)=c1/c(=O)c2cccc3cccc1c32. The van der Waals surface area contributed by atoms with Crippen LogP contribution in [0.25, 0.3) is 27.3 Å². The molecule has 0 amide bonds. The van der Waals surface area contributed by atoms with Crippen LogP contribution in [0, 0.1) is 0 Å². The molecule has 0 aliphatic heterocycles. The summed E-state index contributed by atoms with van der Waals surface area (Å²) < 4.78 is 0. The monoisotopic (exact) mass is 210 g/mol. The molecule has 0 aliphatic rings. The molecule has 0 radical (unpaired) electrons. The summed E-state index contributed by atoms with van der Waals surface area (Å²) in [6.45, 7) is 1.55. The van der Waals surface area contributed by atoms with Gasteiger partial charge in [0.2, 0.25) is 0 Å². The standard InChI is InChI=1S/C14H10O2/c1-8(15)12-10-6-2-4-9-5-3-7-11(13(9)10)14(12)16/h2-7,15H,1H3/b12-8-. The van der Waals surface area contributed by atoms with Crippen molar-refractivity contribution in [3.05, 3.63) is 51.8 Å². The van der Waals surface area contributed by atoms with Crippen LogP contribution >= 0.6 is 0 Å². The summed E-state index contributed by atoms with van der Waals surface area (Å²) in [4.78, 5) is 12.1. The molecule has 0 heterocycles. The molecule has 1 N–H and O–H groups in total. The fourth-order valence-electron chi connectivity index (χ4n) is 2.35. The molecular formula is C14H10O2. The quantitative estimate of drug-likeness (QED) is 0.617. The predicted octanol–water partition coefficient (Wildman–Crippen LogP) is 2.20. The molecule has 0 spiro atoms. The highest BCUT2D eigenvalue weighted by atomic mass is 16.3. The normalized spacial score (nSPS) is 13.6. The maximum absolute atomic E-state index is 12.1. The van der Waals surface area contributed by atoms with E-state index < -0.39 is 0 Å². The van der Waals surface area contributed by atoms with Gasteiger partial charge in [0.15, 0.2) is 5.43 Å². The van der Waals surface area contributed by atoms with Crippen LogP contribution in [0.2, 0.25) is 0 Å². The Morgan fingerprint density at radius 1 is 1.06 bits per heavy atom. The van der Waals surface area contributed by atoms with E-state index in [1.165, 1.54) is 0 Å². The molecule has 0 unspecified atom stereocenters. The number of rotatable bonds is 0. The molecule has 2 nitrogen and oxygen atoms in total. The second kappa shape index (κ2) is 2.95. The first kappa shape index (κ1) is 9.16. The van der Waals surface area contributed by atoms with Crippen LogP contribution in [-0.2, 0) is 0 Å². The number of aliphatic hydroxyl groups excluding tert-OH is 1. The summed E-state index contributed by atoms with van der Waals surface area (Å²) in [6, 6.07) is 11.4. The highest BCUT2D eigenvalue weighted by molar-refractivity contribution is 6.11. The molecule has 16 heavy (non-hydrogen) atoms. The molecule has 0 saturated heterocycles. The van der Waals surface area contributed by atoms with Gasteiger partial charge in [-0.1, -0.05) is 36.4 Å². The van der Waals surface area contributed by atoms with Gasteiger partial charge in [-0.25, -0.2) is 0 Å². The van der Waals surface area contributed by atoms with Crippen LogP contribution in [0.5, 0.6) is 0 Å². The second-order valence-corrected chi connectivity index (χ2v) is 4.00. The van der Waals surface area contributed by atoms with Crippen molar-refractivity contribution in [1.82, 2.24) is 0 Å². The summed E-state index contributed by atoms with van der Waals surface area (Å²) in [6.07, 6.45) is 0. The lowest BCUT2D eigenvalue weighted by molar-refractivity contribution is 0.499. The van der Waals surface area contributed by atoms with Gasteiger partial charge in [0.05, 0.1) is 5.22 Å². The lowest BCUT2D eigenvalue weighted by Crippen LogP contribution is -2.21. The Bertz CT molecular complexity index is 778. The van der Waals surface area contributed by atoms with Crippen molar-refractivity contribution in [2.24, 2.45) is 0 Å². The van der Waals surface area contributed by atoms with E-state index in [0.29, 0.717) is 10.6 Å². The van der Waals surface area contributed by atoms with E-state index in [9.17, 15) is 9.90 Å². The zero-order valence-electron chi connectivity index (χ0n) is 8.82. The maximum Gasteiger partial charge on any atom is 0.197 e. The van der Waals surface area contributed by atoms with Crippen molar-refractivity contribution < 1.29 is 5.11 Å². The Balaban J connectivity index is 2.86. The number of hydrogen-bond donors (Lipinski definition) is 1. The Hall–Kier alpha value is -2.09. The third-order valence-electron chi connectivity index (χ3n) is 3.01. The lowest BCUT2D eigenvalue weighted by Gasteiger charge is -1.96. The number of hydrogen-bond acceptors (Lipinski definition) is 2. The van der Waals surface area contributed by atoms with E-state index in [-0.39, 0.29) is 11.2 Å². The summed E-state index contributed by atoms with van der Waals surface area (Å²) in [5.41, 5.74) is -0.0770. The number of benzene rings is 2. The van der Waals surface area contributed by atoms with Crippen LogP contribution < -0.4 is 10.6 Å². The fourth-order valence-corrected chi connectivity index (χ4v) is 2.35. The zero-order valence-corrected chi connectivity index (χ0v) is 8.82. The summed E-state index contributed by atoms with van der Waals surface area (Å²) >= 11 is 0. The van der Waals surface area contributed by atoms with Gasteiger partial charge >= 0.3 is 0 Å². The van der Waals surface area contributed by atoms with Gasteiger partial charge in [-0.2, -0.15) is 0 Å². The molecule has 0 aliphatic carbocycles. The molecule has 3 aromatic carbocycles. The summed E-state index contributed by atoms with van der Waals surface area (Å²) in [5, 5.41) is 13.6. The topological polar surface area (TPSA) is 37.3 Å². The first-order valence-electron chi connectivity index (χ1n) is 5.17. The van der Waals surface area contributed by atoms with Crippen molar-refractivity contribution in [3.63, 3.8) is 0 Å². The third kappa shape index (κ3) is 0.986. The molecule has 3 rings (SSSR count). The van der Waals surface area contributed by atoms with E-state index in [4.69, 9.17) is 0 Å². The Labute approximate surface area is 91.8 Å². The molecule has 0 fully saturated rings. The first-order chi connectivity index (χ1) is 7.70. The van der Waals surface area contributed by atoms with Crippen molar-refractivity contribution in [3.8, 4) is 0 Å². The number of aliphatic hydroxyl groups is 1. The average Bonchev–Trinajstić information content (AvgIpc) is 2.55. The van der Waals surface area contributed by atoms with Gasteiger partial charge in [0, 0.05) is 10.8 Å². The van der Waals surface area contributed by atoms with Gasteiger partial charge < -0.3 is 5.11 Å². The molecule has 0 atom stereocenters. The van der Waals surface area contributed by atoms with E-state index in [1.807, 2.05) is 36.4 Å². The van der Waals surface area contributed by atoms with Crippen LogP contribution in [0.4, 0.5) is 0 Å². The van der Waals surface area contributed by atoms with Gasteiger partial charge in [-0.05, 0) is 17.7 Å². The Morgan fingerprint density at radius 3 is 2.31 bits per heavy atom. The highest BCUT2D eigenvalue weighted by Gasteiger charge is 2.11. The van der Waals surface area contributed by atoms with Crippen molar-refractivity contribution in [1.29, 1.82) is 0 Å². The Kier molecular flexibility index (Phi) is 1.69. The van der Waals surface area contributed by atoms with Crippen LogP contribution in [0.1, 0.15) is 6.92 Å². The van der Waals surface area contributed by atoms with Gasteiger partial charge in [-0.15, -0.1) is 0 Å². The fraction of sp³-hybridized carbons (Fsp3) is 0.0714.